The minimum Gasteiger partial charge on any atom is -0.478 e. The van der Waals surface area contributed by atoms with Gasteiger partial charge in [0.1, 0.15) is 5.82 Å². The van der Waals surface area contributed by atoms with Gasteiger partial charge in [0.15, 0.2) is 0 Å². The van der Waals surface area contributed by atoms with Gasteiger partial charge in [-0.25, -0.2) is 9.18 Å². The van der Waals surface area contributed by atoms with Crippen molar-refractivity contribution in [3.05, 3.63) is 53.6 Å². The van der Waals surface area contributed by atoms with E-state index in [1.54, 1.807) is 0 Å². The Morgan fingerprint density at radius 1 is 1.15 bits per heavy atom. The normalized spacial score (nSPS) is 11.4. The molecule has 104 valence electrons. The zero-order valence-corrected chi connectivity index (χ0v) is 9.78. The van der Waals surface area contributed by atoms with Gasteiger partial charge in [-0.15, -0.1) is 0 Å². The number of rotatable bonds is 2. The van der Waals surface area contributed by atoms with Crippen LogP contribution in [0.1, 0.15) is 15.9 Å². The first-order chi connectivity index (χ1) is 9.32. The van der Waals surface area contributed by atoms with Gasteiger partial charge in [0, 0.05) is 23.5 Å². The van der Waals surface area contributed by atoms with Gasteiger partial charge in [-0.3, -0.25) is 4.98 Å². The lowest BCUT2D eigenvalue weighted by Crippen LogP contribution is -2.09. The van der Waals surface area contributed by atoms with Crippen LogP contribution in [-0.2, 0) is 6.18 Å². The van der Waals surface area contributed by atoms with Crippen molar-refractivity contribution in [2.45, 2.75) is 6.18 Å². The van der Waals surface area contributed by atoms with E-state index in [0.29, 0.717) is 6.07 Å². The van der Waals surface area contributed by atoms with E-state index < -0.39 is 40.2 Å². The average molecular weight is 285 g/mol. The van der Waals surface area contributed by atoms with Crippen molar-refractivity contribution in [1.82, 2.24) is 4.98 Å². The van der Waals surface area contributed by atoms with Gasteiger partial charge in [0.05, 0.1) is 11.1 Å². The molecule has 1 N–H and O–H groups in total. The third-order valence-electron chi connectivity index (χ3n) is 2.65. The zero-order valence-electron chi connectivity index (χ0n) is 9.78. The highest BCUT2D eigenvalue weighted by Crippen LogP contribution is 2.37. The molecule has 0 saturated heterocycles. The Bertz CT molecular complexity index is 668. The van der Waals surface area contributed by atoms with Gasteiger partial charge in [0.25, 0.3) is 0 Å². The van der Waals surface area contributed by atoms with Crippen LogP contribution in [0.15, 0.2) is 36.7 Å². The van der Waals surface area contributed by atoms with Crippen LogP contribution in [0.4, 0.5) is 17.6 Å². The van der Waals surface area contributed by atoms with Gasteiger partial charge in [-0.05, 0) is 12.1 Å². The maximum absolute atomic E-state index is 14.0. The molecule has 2 rings (SSSR count). The number of hydrogen-bond donors (Lipinski definition) is 1. The second-order valence-electron chi connectivity index (χ2n) is 3.89. The largest absolute Gasteiger partial charge is 0.478 e. The second kappa shape index (κ2) is 4.92. The van der Waals surface area contributed by atoms with Gasteiger partial charge in [-0.1, -0.05) is 12.1 Å². The average Bonchev–Trinajstić information content (AvgIpc) is 2.37. The topological polar surface area (TPSA) is 50.2 Å². The van der Waals surface area contributed by atoms with Crippen LogP contribution in [0.3, 0.4) is 0 Å². The van der Waals surface area contributed by atoms with E-state index in [0.717, 1.165) is 24.5 Å². The third-order valence-corrected chi connectivity index (χ3v) is 2.65. The Morgan fingerprint density at radius 3 is 2.45 bits per heavy atom. The molecule has 0 radical (unpaired) electrons. The highest BCUT2D eigenvalue weighted by atomic mass is 19.4. The number of carbonyl (C=O) groups is 1. The Labute approximate surface area is 110 Å². The molecule has 0 aliphatic rings. The van der Waals surface area contributed by atoms with Gasteiger partial charge in [0.2, 0.25) is 0 Å². The van der Waals surface area contributed by atoms with Crippen LogP contribution >= 0.6 is 0 Å². The molecule has 0 aliphatic heterocycles. The van der Waals surface area contributed by atoms with Crippen molar-refractivity contribution in [1.29, 1.82) is 0 Å². The lowest BCUT2D eigenvalue weighted by molar-refractivity contribution is -0.137. The van der Waals surface area contributed by atoms with Crippen LogP contribution in [0.25, 0.3) is 11.1 Å². The predicted octanol–water partition coefficient (Wildman–Crippen LogP) is 3.60. The summed E-state index contributed by atoms with van der Waals surface area (Å²) in [6.07, 6.45) is -2.90. The summed E-state index contributed by atoms with van der Waals surface area (Å²) in [4.78, 5) is 14.3. The summed E-state index contributed by atoms with van der Waals surface area (Å²) < 4.78 is 52.6. The molecule has 1 heterocycles. The molecule has 0 saturated carbocycles. The molecule has 3 nitrogen and oxygen atoms in total. The van der Waals surface area contributed by atoms with E-state index in [4.69, 9.17) is 5.11 Å². The summed E-state index contributed by atoms with van der Waals surface area (Å²) in [7, 11) is 0. The number of carboxylic acids is 1. The maximum Gasteiger partial charge on any atom is 0.417 e. The molecule has 0 unspecified atom stereocenters. The molecule has 0 aliphatic carbocycles. The van der Waals surface area contributed by atoms with E-state index in [9.17, 15) is 22.4 Å². The molecule has 0 atom stereocenters. The number of hydrogen-bond acceptors (Lipinski definition) is 2. The molecule has 1 aromatic heterocycles. The van der Waals surface area contributed by atoms with Crippen LogP contribution in [-0.4, -0.2) is 16.1 Å². The minimum absolute atomic E-state index is 0.453. The second-order valence-corrected chi connectivity index (χ2v) is 3.89. The van der Waals surface area contributed by atoms with E-state index in [1.807, 2.05) is 0 Å². The Kier molecular flexibility index (Phi) is 3.44. The molecule has 0 fully saturated rings. The molecule has 0 bridgehead atoms. The number of benzene rings is 1. The van der Waals surface area contributed by atoms with Gasteiger partial charge < -0.3 is 5.11 Å². The minimum atomic E-state index is -4.69. The molecule has 0 spiro atoms. The molecule has 1 aromatic carbocycles. The molecular formula is C13H7F4NO2. The van der Waals surface area contributed by atoms with Crippen LogP contribution in [0.5, 0.6) is 0 Å². The number of pyridine rings is 1. The Hall–Kier alpha value is -2.44. The van der Waals surface area contributed by atoms with Crippen LogP contribution in [0, 0.1) is 5.82 Å². The number of aromatic nitrogens is 1. The van der Waals surface area contributed by atoms with Crippen molar-refractivity contribution in [3.8, 4) is 11.1 Å². The molecular weight excluding hydrogens is 278 g/mol. The van der Waals surface area contributed by atoms with Crippen molar-refractivity contribution in [2.24, 2.45) is 0 Å². The summed E-state index contributed by atoms with van der Waals surface area (Å²) in [5, 5.41) is 8.79. The first-order valence-corrected chi connectivity index (χ1v) is 5.35. The fourth-order valence-electron chi connectivity index (χ4n) is 1.76. The summed E-state index contributed by atoms with van der Waals surface area (Å²) in [5.41, 5.74) is -2.72. The molecule has 20 heavy (non-hydrogen) atoms. The van der Waals surface area contributed by atoms with Crippen LogP contribution < -0.4 is 0 Å². The Balaban J connectivity index is 2.70. The molecule has 2 aromatic rings. The molecule has 0 amide bonds. The monoisotopic (exact) mass is 285 g/mol. The standard InChI is InChI=1S/C13H7F4NO2/c14-11-7(2-1-3-8(11)12(19)20)9-6-18-5-4-10(9)13(15,16)17/h1-6H,(H,19,20). The van der Waals surface area contributed by atoms with E-state index in [-0.39, 0.29) is 0 Å². The first-order valence-electron chi connectivity index (χ1n) is 5.35. The summed E-state index contributed by atoms with van der Waals surface area (Å²) in [6, 6.07) is 3.94. The number of aromatic carboxylic acids is 1. The maximum atomic E-state index is 14.0. The number of nitrogens with zero attached hydrogens (tertiary/aromatic N) is 1. The highest BCUT2D eigenvalue weighted by molar-refractivity contribution is 5.90. The zero-order chi connectivity index (χ0) is 14.9. The quantitative estimate of drug-likeness (QED) is 0.858. The van der Waals surface area contributed by atoms with E-state index in [2.05, 4.69) is 4.98 Å². The highest BCUT2D eigenvalue weighted by Gasteiger charge is 2.34. The summed E-state index contributed by atoms with van der Waals surface area (Å²) in [6.45, 7) is 0. The van der Waals surface area contributed by atoms with Gasteiger partial charge >= 0.3 is 12.1 Å². The van der Waals surface area contributed by atoms with Crippen LogP contribution in [0.2, 0.25) is 0 Å². The third kappa shape index (κ3) is 2.47. The lowest BCUT2D eigenvalue weighted by Gasteiger charge is -2.13. The first kappa shape index (κ1) is 14.0. The van der Waals surface area contributed by atoms with Crippen molar-refractivity contribution < 1.29 is 27.5 Å². The van der Waals surface area contributed by atoms with Crippen molar-refractivity contribution in [3.63, 3.8) is 0 Å². The SMILES string of the molecule is O=C(O)c1cccc(-c2cnccc2C(F)(F)F)c1F. The van der Waals surface area contributed by atoms with Gasteiger partial charge in [-0.2, -0.15) is 13.2 Å². The molecule has 7 heteroatoms. The van der Waals surface area contributed by atoms with E-state index in [1.165, 1.54) is 6.07 Å². The lowest BCUT2D eigenvalue weighted by atomic mass is 9.99. The fraction of sp³-hybridized carbons (Fsp3) is 0.0769. The Morgan fingerprint density at radius 2 is 1.85 bits per heavy atom. The number of alkyl halides is 3. The number of carboxylic acid groups (broad SMARTS) is 1. The van der Waals surface area contributed by atoms with Crippen molar-refractivity contribution in [2.75, 3.05) is 0 Å². The summed E-state index contributed by atoms with van der Waals surface area (Å²) in [5.74, 6) is -2.78. The van der Waals surface area contributed by atoms with E-state index >= 15 is 0 Å². The summed E-state index contributed by atoms with van der Waals surface area (Å²) >= 11 is 0. The fourth-order valence-corrected chi connectivity index (χ4v) is 1.76. The smallest absolute Gasteiger partial charge is 0.417 e. The predicted molar refractivity (Wildman–Crippen MR) is 61.6 cm³/mol. The van der Waals surface area contributed by atoms with Crippen molar-refractivity contribution >= 4 is 5.97 Å². The number of halogens is 4.